The summed E-state index contributed by atoms with van der Waals surface area (Å²) in [5.41, 5.74) is 18.8. The Morgan fingerprint density at radius 2 is 0.953 bits per heavy atom. The normalized spacial score (nSPS) is 11.5. The van der Waals surface area contributed by atoms with Crippen LogP contribution in [0.5, 0.6) is 0 Å². The Labute approximate surface area is 376 Å². The minimum atomic E-state index is 0.978. The SMILES string of the molecule is Cc1c(-c2ccccc2)cc(-c2ccccc2)cc1-c1cccc(-c2ccc3ccccc3c2-c2cccc(-c3cc4sc(-c5ccc6cccnc6c5)nc4c4ccccc34)c2)c1. The molecule has 0 fully saturated rings. The highest BCUT2D eigenvalue weighted by Crippen LogP contribution is 2.45. The molecule has 0 N–H and O–H groups in total. The molecule has 12 rings (SSSR count). The molecule has 0 aliphatic heterocycles. The van der Waals surface area contributed by atoms with Gasteiger partial charge in [0.15, 0.2) is 0 Å². The fourth-order valence-corrected chi connectivity index (χ4v) is 10.6. The Balaban J connectivity index is 1.01. The zero-order chi connectivity index (χ0) is 42.6. The first kappa shape index (κ1) is 37.8. The van der Waals surface area contributed by atoms with Crippen molar-refractivity contribution in [3.8, 4) is 77.3 Å². The average Bonchev–Trinajstić information content (AvgIpc) is 3.81. The summed E-state index contributed by atoms with van der Waals surface area (Å²) in [5.74, 6) is 0. The summed E-state index contributed by atoms with van der Waals surface area (Å²) in [6, 6.07) is 79.5. The predicted octanol–water partition coefficient (Wildman–Crippen LogP) is 17.1. The lowest BCUT2D eigenvalue weighted by Crippen LogP contribution is -1.93. The standard InChI is InChI=1S/C61H40N2S/c1-39-54(41-17-6-3-7-18-41)35-49(40-15-4-2-5-16-40)36-55(39)45-21-12-20-44(33-45)51-31-30-42-19-8-9-25-50(42)59(51)47-23-13-22-46(34-47)56-38-58-60(53-27-11-10-26-52(53)56)63-61(64-58)48-29-28-43-24-14-32-62-57(43)37-48/h2-38H,1H3. The number of rotatable bonds is 7. The molecule has 3 heteroatoms. The molecule has 0 saturated carbocycles. The van der Waals surface area contributed by atoms with Gasteiger partial charge in [0.2, 0.25) is 0 Å². The molecule has 64 heavy (non-hydrogen) atoms. The minimum absolute atomic E-state index is 0.978. The number of aromatic nitrogens is 2. The van der Waals surface area contributed by atoms with Crippen molar-refractivity contribution >= 4 is 54.0 Å². The molecule has 0 spiro atoms. The number of hydrogen-bond donors (Lipinski definition) is 0. The molecule has 0 aliphatic rings. The largest absolute Gasteiger partial charge is 0.256 e. The zero-order valence-corrected chi connectivity index (χ0v) is 36.0. The number of nitrogens with zero attached hydrogens (tertiary/aromatic N) is 2. The van der Waals surface area contributed by atoms with Crippen molar-refractivity contribution in [2.24, 2.45) is 0 Å². The van der Waals surface area contributed by atoms with Gasteiger partial charge in [0, 0.05) is 22.5 Å². The fraction of sp³-hybridized carbons (Fsp3) is 0.0164. The molecule has 2 heterocycles. The van der Waals surface area contributed by atoms with E-state index in [-0.39, 0.29) is 0 Å². The van der Waals surface area contributed by atoms with Crippen LogP contribution in [0.15, 0.2) is 225 Å². The Hall–Kier alpha value is -7.98. The van der Waals surface area contributed by atoms with Crippen molar-refractivity contribution in [3.05, 3.63) is 230 Å². The Kier molecular flexibility index (Phi) is 9.28. The van der Waals surface area contributed by atoms with Crippen molar-refractivity contribution < 1.29 is 0 Å². The maximum Gasteiger partial charge on any atom is 0.124 e. The molecule has 0 radical (unpaired) electrons. The summed E-state index contributed by atoms with van der Waals surface area (Å²) in [7, 11) is 0. The lowest BCUT2D eigenvalue weighted by atomic mass is 9.85. The van der Waals surface area contributed by atoms with E-state index in [4.69, 9.17) is 4.98 Å². The van der Waals surface area contributed by atoms with E-state index in [2.05, 4.69) is 224 Å². The molecule has 0 saturated heterocycles. The third-order valence-corrected chi connectivity index (χ3v) is 13.8. The van der Waals surface area contributed by atoms with Gasteiger partial charge in [-0.1, -0.05) is 176 Å². The summed E-state index contributed by atoms with van der Waals surface area (Å²) in [4.78, 5) is 9.89. The molecule has 0 bridgehead atoms. The maximum absolute atomic E-state index is 5.26. The van der Waals surface area contributed by atoms with Crippen LogP contribution in [0.3, 0.4) is 0 Å². The number of thiazole rings is 1. The van der Waals surface area contributed by atoms with Gasteiger partial charge in [-0.3, -0.25) is 4.98 Å². The second-order valence-corrected chi connectivity index (χ2v) is 17.6. The van der Waals surface area contributed by atoms with E-state index in [0.717, 1.165) is 32.4 Å². The molecule has 2 aromatic heterocycles. The Bertz CT molecular complexity index is 3740. The molecule has 0 amide bonds. The summed E-state index contributed by atoms with van der Waals surface area (Å²) < 4.78 is 1.17. The van der Waals surface area contributed by atoms with Crippen LogP contribution in [-0.4, -0.2) is 9.97 Å². The molecule has 2 nitrogen and oxygen atoms in total. The summed E-state index contributed by atoms with van der Waals surface area (Å²) in [5, 5.41) is 6.93. The lowest BCUT2D eigenvalue weighted by Gasteiger charge is -2.18. The topological polar surface area (TPSA) is 25.8 Å². The van der Waals surface area contributed by atoms with Gasteiger partial charge in [-0.2, -0.15) is 0 Å². The minimum Gasteiger partial charge on any atom is -0.256 e. The number of benzene rings is 10. The van der Waals surface area contributed by atoms with Crippen LogP contribution >= 0.6 is 11.3 Å². The average molecular weight is 833 g/mol. The molecule has 12 aromatic rings. The number of fused-ring (bicyclic) bond motifs is 5. The van der Waals surface area contributed by atoms with Crippen LogP contribution < -0.4 is 0 Å². The van der Waals surface area contributed by atoms with Gasteiger partial charge in [-0.25, -0.2) is 4.98 Å². The molecule has 0 atom stereocenters. The fourth-order valence-electron chi connectivity index (χ4n) is 9.57. The van der Waals surface area contributed by atoms with Crippen LogP contribution in [0.1, 0.15) is 5.56 Å². The molecular formula is C61H40N2S. The first-order chi connectivity index (χ1) is 31.6. The molecule has 10 aromatic carbocycles. The van der Waals surface area contributed by atoms with Crippen molar-refractivity contribution in [3.63, 3.8) is 0 Å². The van der Waals surface area contributed by atoms with Crippen LogP contribution in [0.25, 0.3) is 120 Å². The molecular weight excluding hydrogens is 793 g/mol. The Morgan fingerprint density at radius 1 is 0.359 bits per heavy atom. The predicted molar refractivity (Wildman–Crippen MR) is 273 cm³/mol. The van der Waals surface area contributed by atoms with Crippen molar-refractivity contribution in [1.29, 1.82) is 0 Å². The molecule has 300 valence electrons. The Morgan fingerprint density at radius 3 is 1.75 bits per heavy atom. The summed E-state index contributed by atoms with van der Waals surface area (Å²) >= 11 is 1.75. The van der Waals surface area contributed by atoms with Crippen LogP contribution in [0.4, 0.5) is 0 Å². The van der Waals surface area contributed by atoms with Crippen molar-refractivity contribution in [2.75, 3.05) is 0 Å². The molecule has 0 unspecified atom stereocenters. The van der Waals surface area contributed by atoms with Gasteiger partial charge in [0.1, 0.15) is 5.01 Å². The van der Waals surface area contributed by atoms with Gasteiger partial charge in [0.05, 0.1) is 15.7 Å². The zero-order valence-electron chi connectivity index (χ0n) is 35.2. The third kappa shape index (κ3) is 6.66. The van der Waals surface area contributed by atoms with Crippen molar-refractivity contribution in [2.45, 2.75) is 6.92 Å². The quantitative estimate of drug-likeness (QED) is 0.160. The highest BCUT2D eigenvalue weighted by Gasteiger charge is 2.19. The lowest BCUT2D eigenvalue weighted by molar-refractivity contribution is 1.41. The van der Waals surface area contributed by atoms with E-state index < -0.39 is 0 Å². The van der Waals surface area contributed by atoms with E-state index in [9.17, 15) is 0 Å². The maximum atomic E-state index is 5.26. The number of pyridine rings is 1. The summed E-state index contributed by atoms with van der Waals surface area (Å²) in [6.45, 7) is 2.26. The highest BCUT2D eigenvalue weighted by molar-refractivity contribution is 7.21. The van der Waals surface area contributed by atoms with Gasteiger partial charge < -0.3 is 0 Å². The van der Waals surface area contributed by atoms with Gasteiger partial charge in [0.25, 0.3) is 0 Å². The summed E-state index contributed by atoms with van der Waals surface area (Å²) in [6.07, 6.45) is 1.85. The highest BCUT2D eigenvalue weighted by atomic mass is 32.1. The van der Waals surface area contributed by atoms with E-state index >= 15 is 0 Å². The van der Waals surface area contributed by atoms with E-state index in [0.29, 0.717) is 0 Å². The molecule has 0 aliphatic carbocycles. The van der Waals surface area contributed by atoms with Crippen LogP contribution in [0.2, 0.25) is 0 Å². The smallest absolute Gasteiger partial charge is 0.124 e. The second-order valence-electron chi connectivity index (χ2n) is 16.5. The van der Waals surface area contributed by atoms with Gasteiger partial charge in [-0.15, -0.1) is 11.3 Å². The van der Waals surface area contributed by atoms with Crippen LogP contribution in [0, 0.1) is 6.92 Å². The second kappa shape index (κ2) is 15.7. The van der Waals surface area contributed by atoms with Crippen molar-refractivity contribution in [1.82, 2.24) is 9.97 Å². The first-order valence-electron chi connectivity index (χ1n) is 21.8. The van der Waals surface area contributed by atoms with E-state index in [1.165, 1.54) is 93.2 Å². The van der Waals surface area contributed by atoms with E-state index in [1.807, 2.05) is 12.3 Å². The first-order valence-corrected chi connectivity index (χ1v) is 22.6. The van der Waals surface area contributed by atoms with Crippen LogP contribution in [-0.2, 0) is 0 Å². The van der Waals surface area contributed by atoms with Gasteiger partial charge in [-0.05, 0) is 138 Å². The van der Waals surface area contributed by atoms with E-state index in [1.54, 1.807) is 11.3 Å². The number of hydrogen-bond acceptors (Lipinski definition) is 3. The monoisotopic (exact) mass is 832 g/mol. The van der Waals surface area contributed by atoms with Gasteiger partial charge >= 0.3 is 0 Å². The third-order valence-electron chi connectivity index (χ3n) is 12.7.